The molecule has 3 aromatic rings. The van der Waals surface area contributed by atoms with Gasteiger partial charge < -0.3 is 9.88 Å². The minimum absolute atomic E-state index is 0.0147. The average Bonchev–Trinajstić information content (AvgIpc) is 2.98. The molecule has 1 N–H and O–H groups in total. The molecule has 1 aromatic heterocycles. The normalized spacial score (nSPS) is 15.4. The van der Waals surface area contributed by atoms with E-state index in [1.807, 2.05) is 40.9 Å². The number of nitrogens with zero attached hydrogens (tertiary/aromatic N) is 2. The van der Waals surface area contributed by atoms with Crippen LogP contribution in [-0.4, -0.2) is 38.7 Å². The molecule has 2 aromatic carbocycles. The summed E-state index contributed by atoms with van der Waals surface area (Å²) in [5, 5.41) is 0.534. The third-order valence-electron chi connectivity index (χ3n) is 5.06. The van der Waals surface area contributed by atoms with Gasteiger partial charge in [-0.15, -0.1) is 11.8 Å². The quantitative estimate of drug-likeness (QED) is 0.753. The number of para-hydroxylation sites is 2. The van der Waals surface area contributed by atoms with E-state index in [0.717, 1.165) is 37.0 Å². The summed E-state index contributed by atoms with van der Waals surface area (Å²) in [6.45, 7) is 3.70. The maximum atomic E-state index is 12.7. The van der Waals surface area contributed by atoms with Crippen molar-refractivity contribution in [3.63, 3.8) is 0 Å². The summed E-state index contributed by atoms with van der Waals surface area (Å²) in [5.41, 5.74) is 2.59. The van der Waals surface area contributed by atoms with Crippen molar-refractivity contribution in [3.05, 3.63) is 64.6 Å². The van der Waals surface area contributed by atoms with E-state index in [9.17, 15) is 9.59 Å². The lowest BCUT2D eigenvalue weighted by Gasteiger charge is -2.31. The van der Waals surface area contributed by atoms with Gasteiger partial charge in [0.15, 0.2) is 0 Å². The van der Waals surface area contributed by atoms with Crippen LogP contribution in [0.15, 0.2) is 58.2 Å². The highest BCUT2D eigenvalue weighted by Gasteiger charge is 2.24. The number of rotatable bonds is 4. The highest BCUT2D eigenvalue weighted by Crippen LogP contribution is 2.30. The van der Waals surface area contributed by atoms with E-state index in [2.05, 4.69) is 36.2 Å². The summed E-state index contributed by atoms with van der Waals surface area (Å²) in [7, 11) is 0. The summed E-state index contributed by atoms with van der Waals surface area (Å²) in [6.07, 6.45) is 1.96. The van der Waals surface area contributed by atoms with Crippen LogP contribution in [0.2, 0.25) is 0 Å². The maximum Gasteiger partial charge on any atom is 0.326 e. The second-order valence-corrected chi connectivity index (χ2v) is 8.42. The van der Waals surface area contributed by atoms with Crippen LogP contribution in [0, 0.1) is 6.92 Å². The molecule has 5 nitrogen and oxygen atoms in total. The van der Waals surface area contributed by atoms with Crippen molar-refractivity contribution in [3.8, 4) is 0 Å². The van der Waals surface area contributed by atoms with Gasteiger partial charge in [-0.1, -0.05) is 29.8 Å². The van der Waals surface area contributed by atoms with Crippen molar-refractivity contribution in [2.45, 2.75) is 36.5 Å². The number of H-pyrrole nitrogens is 1. The molecule has 0 saturated carbocycles. The Kier molecular flexibility index (Phi) is 5.07. The zero-order valence-electron chi connectivity index (χ0n) is 15.4. The Morgan fingerprint density at radius 3 is 2.70 bits per heavy atom. The number of aromatic nitrogens is 2. The number of amides is 1. The number of carbonyl (C=O) groups excluding carboxylic acids is 1. The lowest BCUT2D eigenvalue weighted by molar-refractivity contribution is -0.132. The van der Waals surface area contributed by atoms with Crippen molar-refractivity contribution in [2.24, 2.45) is 0 Å². The molecule has 140 valence electrons. The van der Waals surface area contributed by atoms with Gasteiger partial charge in [-0.05, 0) is 44.0 Å². The van der Waals surface area contributed by atoms with Crippen LogP contribution in [0.1, 0.15) is 18.4 Å². The second-order valence-electron chi connectivity index (χ2n) is 7.05. The molecule has 0 unspecified atom stereocenters. The molecule has 0 aliphatic carbocycles. The van der Waals surface area contributed by atoms with Crippen LogP contribution in [-0.2, 0) is 11.3 Å². The molecular weight excluding hydrogens is 358 g/mol. The molecular formula is C21H23N3O2S. The van der Waals surface area contributed by atoms with E-state index in [-0.39, 0.29) is 18.1 Å². The van der Waals surface area contributed by atoms with Gasteiger partial charge in [-0.3, -0.25) is 9.36 Å². The van der Waals surface area contributed by atoms with Crippen molar-refractivity contribution >= 4 is 28.7 Å². The molecule has 2 heterocycles. The SMILES string of the molecule is Cc1cccc(SC2CCN(C(=O)Cn3c(=O)[nH]c4ccccc43)CC2)c1. The Morgan fingerprint density at radius 1 is 1.15 bits per heavy atom. The molecule has 0 radical (unpaired) electrons. The van der Waals surface area contributed by atoms with Gasteiger partial charge in [0, 0.05) is 23.2 Å². The Hall–Kier alpha value is -2.47. The largest absolute Gasteiger partial charge is 0.341 e. The zero-order chi connectivity index (χ0) is 18.8. The minimum Gasteiger partial charge on any atom is -0.341 e. The molecule has 4 rings (SSSR count). The predicted molar refractivity (Wildman–Crippen MR) is 109 cm³/mol. The number of thioether (sulfide) groups is 1. The number of benzene rings is 2. The number of carbonyl (C=O) groups is 1. The van der Waals surface area contributed by atoms with Crippen molar-refractivity contribution in [2.75, 3.05) is 13.1 Å². The minimum atomic E-state index is -0.227. The van der Waals surface area contributed by atoms with Gasteiger partial charge in [0.1, 0.15) is 6.54 Å². The Morgan fingerprint density at radius 2 is 1.93 bits per heavy atom. The Bertz CT molecular complexity index is 1020. The number of hydrogen-bond donors (Lipinski definition) is 1. The third kappa shape index (κ3) is 3.95. The topological polar surface area (TPSA) is 58.1 Å². The molecule has 27 heavy (non-hydrogen) atoms. The van der Waals surface area contributed by atoms with Gasteiger partial charge in [-0.25, -0.2) is 4.79 Å². The Balaban J connectivity index is 1.37. The van der Waals surface area contributed by atoms with Crippen molar-refractivity contribution in [1.29, 1.82) is 0 Å². The smallest absolute Gasteiger partial charge is 0.326 e. The molecule has 1 saturated heterocycles. The molecule has 0 spiro atoms. The van der Waals surface area contributed by atoms with Crippen molar-refractivity contribution < 1.29 is 4.79 Å². The molecule has 1 aliphatic heterocycles. The third-order valence-corrected chi connectivity index (χ3v) is 6.39. The van der Waals surface area contributed by atoms with E-state index in [1.54, 1.807) is 0 Å². The van der Waals surface area contributed by atoms with Gasteiger partial charge in [0.25, 0.3) is 0 Å². The summed E-state index contributed by atoms with van der Waals surface area (Å²) in [6, 6.07) is 16.0. The Labute approximate surface area is 162 Å². The molecule has 1 amide bonds. The highest BCUT2D eigenvalue weighted by molar-refractivity contribution is 8.00. The summed E-state index contributed by atoms with van der Waals surface area (Å²) >= 11 is 1.90. The van der Waals surface area contributed by atoms with E-state index < -0.39 is 0 Å². The standard InChI is InChI=1S/C21H23N3O2S/c1-15-5-4-6-17(13-15)27-16-9-11-23(12-10-16)20(25)14-24-19-8-3-2-7-18(19)22-21(24)26/h2-8,13,16H,9-12,14H2,1H3,(H,22,26). The summed E-state index contributed by atoms with van der Waals surface area (Å²) in [4.78, 5) is 30.9. The van der Waals surface area contributed by atoms with Gasteiger partial charge in [0.05, 0.1) is 11.0 Å². The number of hydrogen-bond acceptors (Lipinski definition) is 3. The first kappa shape index (κ1) is 17.9. The zero-order valence-corrected chi connectivity index (χ0v) is 16.2. The van der Waals surface area contributed by atoms with E-state index in [0.29, 0.717) is 5.25 Å². The first-order chi connectivity index (χ1) is 13.1. The van der Waals surface area contributed by atoms with Gasteiger partial charge >= 0.3 is 5.69 Å². The number of imidazole rings is 1. The lowest BCUT2D eigenvalue weighted by atomic mass is 10.1. The fourth-order valence-electron chi connectivity index (χ4n) is 3.60. The lowest BCUT2D eigenvalue weighted by Crippen LogP contribution is -2.42. The predicted octanol–water partition coefficient (Wildman–Crippen LogP) is 3.42. The monoisotopic (exact) mass is 381 g/mol. The number of likely N-dealkylation sites (tertiary alicyclic amines) is 1. The van der Waals surface area contributed by atoms with E-state index in [4.69, 9.17) is 0 Å². The summed E-state index contributed by atoms with van der Waals surface area (Å²) < 4.78 is 1.53. The molecule has 1 aliphatic rings. The molecule has 0 atom stereocenters. The molecule has 6 heteroatoms. The second kappa shape index (κ2) is 7.64. The fourth-order valence-corrected chi connectivity index (χ4v) is 4.85. The van der Waals surface area contributed by atoms with Crippen LogP contribution in [0.3, 0.4) is 0 Å². The number of nitrogens with one attached hydrogen (secondary N) is 1. The van der Waals surface area contributed by atoms with Crippen LogP contribution >= 0.6 is 11.8 Å². The highest BCUT2D eigenvalue weighted by atomic mass is 32.2. The maximum absolute atomic E-state index is 12.7. The van der Waals surface area contributed by atoms with E-state index >= 15 is 0 Å². The first-order valence-electron chi connectivity index (χ1n) is 9.29. The first-order valence-corrected chi connectivity index (χ1v) is 10.2. The van der Waals surface area contributed by atoms with E-state index in [1.165, 1.54) is 15.0 Å². The van der Waals surface area contributed by atoms with Gasteiger partial charge in [0.2, 0.25) is 5.91 Å². The van der Waals surface area contributed by atoms with Gasteiger partial charge in [-0.2, -0.15) is 0 Å². The fraction of sp³-hybridized carbons (Fsp3) is 0.333. The number of fused-ring (bicyclic) bond motifs is 1. The average molecular weight is 382 g/mol. The van der Waals surface area contributed by atoms with Crippen LogP contribution < -0.4 is 5.69 Å². The number of aromatic amines is 1. The summed E-state index contributed by atoms with van der Waals surface area (Å²) in [5.74, 6) is 0.0147. The van der Waals surface area contributed by atoms with Crippen LogP contribution in [0.4, 0.5) is 0 Å². The molecule has 0 bridgehead atoms. The van der Waals surface area contributed by atoms with Crippen molar-refractivity contribution in [1.82, 2.24) is 14.5 Å². The van der Waals surface area contributed by atoms with Crippen LogP contribution in [0.5, 0.6) is 0 Å². The number of piperidine rings is 1. The molecule has 1 fully saturated rings. The van der Waals surface area contributed by atoms with Crippen LogP contribution in [0.25, 0.3) is 11.0 Å². The number of aryl methyl sites for hydroxylation is 1.